The Hall–Kier alpha value is -3.08. The lowest BCUT2D eigenvalue weighted by Crippen LogP contribution is -2.20. The Labute approximate surface area is 178 Å². The molecule has 1 atom stereocenters. The van der Waals surface area contributed by atoms with E-state index in [1.165, 1.54) is 17.5 Å². The van der Waals surface area contributed by atoms with Crippen LogP contribution in [0.15, 0.2) is 85.2 Å². The van der Waals surface area contributed by atoms with Gasteiger partial charge in [-0.15, -0.1) is 0 Å². The molecule has 1 aliphatic rings. The van der Waals surface area contributed by atoms with E-state index in [0.717, 1.165) is 16.8 Å². The van der Waals surface area contributed by atoms with Crippen molar-refractivity contribution in [2.24, 2.45) is 0 Å². The third-order valence-corrected chi connectivity index (χ3v) is 5.67. The Morgan fingerprint density at radius 3 is 2.14 bits per heavy atom. The minimum Gasteiger partial charge on any atom is -0.324 e. The highest BCUT2D eigenvalue weighted by Gasteiger charge is 2.26. The fraction of sp³-hybridized carbons (Fsp3) is 0.0435. The van der Waals surface area contributed by atoms with Crippen molar-refractivity contribution in [2.45, 2.75) is 6.04 Å². The molecular weight excluding hydrogens is 403 g/mol. The third kappa shape index (κ3) is 3.31. The van der Waals surface area contributed by atoms with Crippen LogP contribution in [0.4, 0.5) is 5.95 Å². The molecule has 29 heavy (non-hydrogen) atoms. The van der Waals surface area contributed by atoms with E-state index in [1.54, 1.807) is 4.68 Å². The van der Waals surface area contributed by atoms with E-state index in [1.807, 2.05) is 36.4 Å². The number of hydrogen-bond donors (Lipinski definition) is 1. The van der Waals surface area contributed by atoms with Gasteiger partial charge in [0.1, 0.15) is 12.4 Å². The first-order valence-corrected chi connectivity index (χ1v) is 9.94. The summed E-state index contributed by atoms with van der Waals surface area (Å²) in [5.41, 5.74) is 5.14. The van der Waals surface area contributed by atoms with Gasteiger partial charge in [-0.25, -0.2) is 4.68 Å². The maximum atomic E-state index is 6.48. The largest absolute Gasteiger partial charge is 0.324 e. The van der Waals surface area contributed by atoms with Crippen LogP contribution in [0.5, 0.6) is 0 Å². The zero-order valence-corrected chi connectivity index (χ0v) is 16.8. The number of hydrogen-bond acceptors (Lipinski definition) is 3. The number of anilines is 1. The van der Waals surface area contributed by atoms with Gasteiger partial charge in [-0.2, -0.15) is 10.1 Å². The molecule has 0 bridgehead atoms. The van der Waals surface area contributed by atoms with Gasteiger partial charge in [-0.1, -0.05) is 83.9 Å². The molecule has 4 aromatic rings. The summed E-state index contributed by atoms with van der Waals surface area (Å²) in [5.74, 6) is 0.649. The molecule has 1 aliphatic heterocycles. The molecule has 0 aliphatic carbocycles. The number of nitrogens with zero attached hydrogens (tertiary/aromatic N) is 3. The molecule has 0 saturated carbocycles. The normalized spacial score (nSPS) is 15.4. The molecule has 1 N–H and O–H groups in total. The van der Waals surface area contributed by atoms with Crippen LogP contribution in [0.25, 0.3) is 16.8 Å². The first kappa shape index (κ1) is 18.0. The van der Waals surface area contributed by atoms with Crippen LogP contribution >= 0.6 is 23.2 Å². The van der Waals surface area contributed by atoms with Crippen LogP contribution < -0.4 is 5.32 Å². The van der Waals surface area contributed by atoms with Gasteiger partial charge in [0, 0.05) is 21.3 Å². The van der Waals surface area contributed by atoms with E-state index < -0.39 is 0 Å². The molecule has 2 heterocycles. The third-order valence-electron chi connectivity index (χ3n) is 5.01. The summed E-state index contributed by atoms with van der Waals surface area (Å²) >= 11 is 13.0. The Kier molecular flexibility index (Phi) is 4.58. The van der Waals surface area contributed by atoms with Crippen LogP contribution in [0.2, 0.25) is 10.0 Å². The van der Waals surface area contributed by atoms with Crippen LogP contribution in [-0.2, 0) is 0 Å². The second-order valence-corrected chi connectivity index (χ2v) is 7.57. The smallest absolute Gasteiger partial charge is 0.226 e. The Balaban J connectivity index is 1.56. The van der Waals surface area contributed by atoms with Gasteiger partial charge in [0.25, 0.3) is 0 Å². The molecule has 1 unspecified atom stereocenters. The average molecular weight is 419 g/mol. The van der Waals surface area contributed by atoms with Crippen molar-refractivity contribution >= 4 is 34.8 Å². The highest BCUT2D eigenvalue weighted by atomic mass is 35.5. The molecule has 1 aromatic heterocycles. The molecule has 0 radical (unpaired) electrons. The molecule has 0 saturated heterocycles. The number of nitrogens with one attached hydrogen (secondary N) is 1. The summed E-state index contributed by atoms with van der Waals surface area (Å²) in [6.07, 6.45) is 3.60. The monoisotopic (exact) mass is 418 g/mol. The van der Waals surface area contributed by atoms with Gasteiger partial charge < -0.3 is 5.32 Å². The van der Waals surface area contributed by atoms with E-state index in [0.29, 0.717) is 16.0 Å². The van der Waals surface area contributed by atoms with Gasteiger partial charge in [-0.05, 0) is 34.9 Å². The van der Waals surface area contributed by atoms with Gasteiger partial charge in [0.2, 0.25) is 5.95 Å². The van der Waals surface area contributed by atoms with Crippen molar-refractivity contribution in [3.05, 3.63) is 106 Å². The molecule has 5 rings (SSSR count). The number of aromatic nitrogens is 3. The van der Waals surface area contributed by atoms with Crippen LogP contribution in [0.1, 0.15) is 17.2 Å². The number of halogens is 2. The van der Waals surface area contributed by atoms with Gasteiger partial charge in [-0.3, -0.25) is 0 Å². The van der Waals surface area contributed by atoms with Crippen molar-refractivity contribution in [2.75, 3.05) is 5.32 Å². The highest BCUT2D eigenvalue weighted by Crippen LogP contribution is 2.38. The zero-order valence-electron chi connectivity index (χ0n) is 15.3. The number of rotatable bonds is 3. The van der Waals surface area contributed by atoms with Crippen LogP contribution in [0.3, 0.4) is 0 Å². The molecule has 0 spiro atoms. The van der Waals surface area contributed by atoms with Gasteiger partial charge in [0.05, 0.1) is 0 Å². The predicted octanol–water partition coefficient (Wildman–Crippen LogP) is 6.31. The molecule has 3 aromatic carbocycles. The van der Waals surface area contributed by atoms with Crippen molar-refractivity contribution in [1.29, 1.82) is 0 Å². The molecule has 0 amide bonds. The van der Waals surface area contributed by atoms with Crippen molar-refractivity contribution in [3.8, 4) is 11.1 Å². The quantitative estimate of drug-likeness (QED) is 0.423. The number of fused-ring (bicyclic) bond motifs is 1. The fourth-order valence-corrected chi connectivity index (χ4v) is 4.19. The van der Waals surface area contributed by atoms with Crippen molar-refractivity contribution < 1.29 is 0 Å². The van der Waals surface area contributed by atoms with Gasteiger partial charge >= 0.3 is 0 Å². The van der Waals surface area contributed by atoms with Crippen LogP contribution in [-0.4, -0.2) is 14.8 Å². The summed E-state index contributed by atoms with van der Waals surface area (Å²) in [7, 11) is 0. The minimum absolute atomic E-state index is 0.251. The van der Waals surface area contributed by atoms with E-state index >= 15 is 0 Å². The standard InChI is InChI=1S/C23H16Cl2N4/c24-18-7-4-8-19(25)22(18)21-13-20(28-23-26-14-27-29(21)23)17-11-9-16(10-12-17)15-5-2-1-3-6-15/h1-14,21H,(H,26,27,28). The fourth-order valence-electron chi connectivity index (χ4n) is 3.57. The second kappa shape index (κ2) is 7.39. The topological polar surface area (TPSA) is 42.7 Å². The van der Waals surface area contributed by atoms with Crippen LogP contribution in [0, 0.1) is 0 Å². The Morgan fingerprint density at radius 1 is 0.759 bits per heavy atom. The number of allylic oxidation sites excluding steroid dienone is 1. The average Bonchev–Trinajstić information content (AvgIpc) is 3.23. The Morgan fingerprint density at radius 2 is 1.41 bits per heavy atom. The summed E-state index contributed by atoms with van der Waals surface area (Å²) < 4.78 is 1.79. The van der Waals surface area contributed by atoms with Gasteiger partial charge in [0.15, 0.2) is 0 Å². The SMILES string of the molecule is Clc1cccc(Cl)c1C1C=C(c2ccc(-c3ccccc3)cc2)Nc2ncnn21. The Bertz CT molecular complexity index is 1180. The molecule has 4 nitrogen and oxygen atoms in total. The summed E-state index contributed by atoms with van der Waals surface area (Å²) in [5, 5.41) is 8.91. The van der Waals surface area contributed by atoms with E-state index in [-0.39, 0.29) is 6.04 Å². The maximum Gasteiger partial charge on any atom is 0.226 e. The second-order valence-electron chi connectivity index (χ2n) is 6.76. The highest BCUT2D eigenvalue weighted by molar-refractivity contribution is 6.36. The summed E-state index contributed by atoms with van der Waals surface area (Å²) in [6, 6.07) is 24.0. The molecular formula is C23H16Cl2N4. The van der Waals surface area contributed by atoms with Crippen molar-refractivity contribution in [1.82, 2.24) is 14.8 Å². The summed E-state index contributed by atoms with van der Waals surface area (Å²) in [4.78, 5) is 4.35. The zero-order chi connectivity index (χ0) is 19.8. The van der Waals surface area contributed by atoms with Crippen molar-refractivity contribution in [3.63, 3.8) is 0 Å². The predicted molar refractivity (Wildman–Crippen MR) is 118 cm³/mol. The molecule has 142 valence electrons. The first-order valence-electron chi connectivity index (χ1n) is 9.19. The minimum atomic E-state index is -0.251. The molecule has 6 heteroatoms. The van der Waals surface area contributed by atoms with E-state index in [2.05, 4.69) is 57.9 Å². The lowest BCUT2D eigenvalue weighted by Gasteiger charge is -2.25. The molecule has 0 fully saturated rings. The van der Waals surface area contributed by atoms with E-state index in [9.17, 15) is 0 Å². The number of benzene rings is 3. The summed E-state index contributed by atoms with van der Waals surface area (Å²) in [6.45, 7) is 0. The first-order chi connectivity index (χ1) is 14.2. The lowest BCUT2D eigenvalue weighted by molar-refractivity contribution is 0.612. The maximum absolute atomic E-state index is 6.48. The lowest BCUT2D eigenvalue weighted by atomic mass is 9.99. The van der Waals surface area contributed by atoms with E-state index in [4.69, 9.17) is 23.2 Å².